The van der Waals surface area contributed by atoms with E-state index in [4.69, 9.17) is 0 Å². The number of hydrogen-bond donors (Lipinski definition) is 1. The zero-order valence-corrected chi connectivity index (χ0v) is 8.71. The maximum Gasteiger partial charge on any atom is 0.0602 e. The van der Waals surface area contributed by atoms with E-state index in [2.05, 4.69) is 19.1 Å². The van der Waals surface area contributed by atoms with E-state index in [1.54, 1.807) is 0 Å². The van der Waals surface area contributed by atoms with Gasteiger partial charge in [0.2, 0.25) is 0 Å². The van der Waals surface area contributed by atoms with Crippen LogP contribution in [0, 0.1) is 5.92 Å². The smallest absolute Gasteiger partial charge is 0.0602 e. The van der Waals surface area contributed by atoms with Crippen LogP contribution in [-0.2, 0) is 0 Å². The summed E-state index contributed by atoms with van der Waals surface area (Å²) in [5.41, 5.74) is 0. The Morgan fingerprint density at radius 2 is 2.08 bits per heavy atom. The van der Waals surface area contributed by atoms with E-state index in [0.717, 1.165) is 6.42 Å². The van der Waals surface area contributed by atoms with E-state index in [9.17, 15) is 5.11 Å². The molecule has 0 aromatic rings. The van der Waals surface area contributed by atoms with Gasteiger partial charge < -0.3 is 5.11 Å². The van der Waals surface area contributed by atoms with Crippen molar-refractivity contribution in [2.45, 2.75) is 58.0 Å². The average Bonchev–Trinajstić information content (AvgIpc) is 2.15. The Morgan fingerprint density at radius 3 is 2.77 bits per heavy atom. The van der Waals surface area contributed by atoms with Gasteiger partial charge >= 0.3 is 0 Å². The van der Waals surface area contributed by atoms with Crippen molar-refractivity contribution >= 4 is 0 Å². The Kier molecular flexibility index (Phi) is 5.14. The molecule has 13 heavy (non-hydrogen) atoms. The Labute approximate surface area is 81.9 Å². The Bertz CT molecular complexity index is 151. The van der Waals surface area contributed by atoms with E-state index in [1.807, 2.05) is 0 Å². The van der Waals surface area contributed by atoms with Gasteiger partial charge in [-0.15, -0.1) is 0 Å². The van der Waals surface area contributed by atoms with Crippen molar-refractivity contribution in [1.29, 1.82) is 0 Å². The van der Waals surface area contributed by atoms with E-state index >= 15 is 0 Å². The minimum absolute atomic E-state index is 0.0633. The summed E-state index contributed by atoms with van der Waals surface area (Å²) in [6.45, 7) is 2.21. The summed E-state index contributed by atoms with van der Waals surface area (Å²) in [5, 5.41) is 9.67. The van der Waals surface area contributed by atoms with Gasteiger partial charge in [0.05, 0.1) is 6.10 Å². The third-order valence-electron chi connectivity index (χ3n) is 2.89. The number of unbranched alkanes of at least 4 members (excludes halogenated alkanes) is 2. The fourth-order valence-corrected chi connectivity index (χ4v) is 1.96. The molecule has 1 aliphatic rings. The molecule has 0 saturated heterocycles. The first-order valence-corrected chi connectivity index (χ1v) is 5.69. The molecule has 1 rings (SSSR count). The summed E-state index contributed by atoms with van der Waals surface area (Å²) in [7, 11) is 0. The first kappa shape index (κ1) is 10.8. The molecule has 1 saturated carbocycles. The van der Waals surface area contributed by atoms with Gasteiger partial charge in [0.15, 0.2) is 0 Å². The highest BCUT2D eigenvalue weighted by molar-refractivity contribution is 4.93. The van der Waals surface area contributed by atoms with Gasteiger partial charge in [0.25, 0.3) is 0 Å². The third-order valence-corrected chi connectivity index (χ3v) is 2.89. The second-order valence-electron chi connectivity index (χ2n) is 4.09. The number of allylic oxidation sites excluding steroid dienone is 1. The molecule has 2 atom stereocenters. The minimum Gasteiger partial charge on any atom is -0.393 e. The van der Waals surface area contributed by atoms with Gasteiger partial charge in [-0.3, -0.25) is 0 Å². The van der Waals surface area contributed by atoms with Crippen LogP contribution in [0.3, 0.4) is 0 Å². The van der Waals surface area contributed by atoms with Crippen LogP contribution < -0.4 is 0 Å². The second-order valence-corrected chi connectivity index (χ2v) is 4.09. The van der Waals surface area contributed by atoms with Crippen molar-refractivity contribution in [3.63, 3.8) is 0 Å². The molecule has 0 amide bonds. The van der Waals surface area contributed by atoms with E-state index in [1.165, 1.54) is 38.5 Å². The third kappa shape index (κ3) is 3.95. The lowest BCUT2D eigenvalue weighted by molar-refractivity contribution is 0.0926. The molecule has 1 N–H and O–H groups in total. The second kappa shape index (κ2) is 6.20. The first-order chi connectivity index (χ1) is 6.34. The van der Waals surface area contributed by atoms with Gasteiger partial charge in [-0.25, -0.2) is 0 Å². The van der Waals surface area contributed by atoms with Gasteiger partial charge in [0.1, 0.15) is 0 Å². The standard InChI is InChI=1S/C12H22O/c1-2-3-4-5-8-11-9-6-7-10-12(11)13/h5,8,11-13H,2-4,6-7,9-10H2,1H3/b8-5-/t11-,12+/m0/s1. The van der Waals surface area contributed by atoms with Crippen LogP contribution in [0.15, 0.2) is 12.2 Å². The Hall–Kier alpha value is -0.300. The molecule has 0 radical (unpaired) electrons. The van der Waals surface area contributed by atoms with Crippen LogP contribution in [0.25, 0.3) is 0 Å². The van der Waals surface area contributed by atoms with Gasteiger partial charge in [-0.2, -0.15) is 0 Å². The average molecular weight is 182 g/mol. The van der Waals surface area contributed by atoms with Crippen molar-refractivity contribution in [3.05, 3.63) is 12.2 Å². The molecule has 0 aromatic heterocycles. The first-order valence-electron chi connectivity index (χ1n) is 5.69. The maximum atomic E-state index is 9.67. The van der Waals surface area contributed by atoms with Gasteiger partial charge in [-0.05, 0) is 19.3 Å². The lowest BCUT2D eigenvalue weighted by Crippen LogP contribution is -2.22. The zero-order chi connectivity index (χ0) is 9.52. The normalized spacial score (nSPS) is 29.7. The van der Waals surface area contributed by atoms with Crippen molar-refractivity contribution in [1.82, 2.24) is 0 Å². The molecule has 76 valence electrons. The van der Waals surface area contributed by atoms with Crippen LogP contribution in [-0.4, -0.2) is 11.2 Å². The largest absolute Gasteiger partial charge is 0.393 e. The molecule has 0 bridgehead atoms. The molecular weight excluding hydrogens is 160 g/mol. The van der Waals surface area contributed by atoms with Crippen molar-refractivity contribution in [3.8, 4) is 0 Å². The summed E-state index contributed by atoms with van der Waals surface area (Å²) in [6, 6.07) is 0. The van der Waals surface area contributed by atoms with Crippen molar-refractivity contribution in [2.24, 2.45) is 5.92 Å². The lowest BCUT2D eigenvalue weighted by Gasteiger charge is -2.24. The van der Waals surface area contributed by atoms with E-state index in [0.29, 0.717) is 5.92 Å². The highest BCUT2D eigenvalue weighted by atomic mass is 16.3. The Morgan fingerprint density at radius 1 is 1.31 bits per heavy atom. The van der Waals surface area contributed by atoms with Crippen molar-refractivity contribution < 1.29 is 5.11 Å². The predicted octanol–water partition coefficient (Wildman–Crippen LogP) is 3.28. The quantitative estimate of drug-likeness (QED) is 0.522. The molecule has 0 unspecified atom stereocenters. The van der Waals surface area contributed by atoms with Crippen LogP contribution in [0.5, 0.6) is 0 Å². The molecule has 1 aliphatic carbocycles. The summed E-state index contributed by atoms with van der Waals surface area (Å²) < 4.78 is 0. The summed E-state index contributed by atoms with van der Waals surface area (Å²) in [5.74, 6) is 0.450. The van der Waals surface area contributed by atoms with Crippen LogP contribution in [0.1, 0.15) is 51.9 Å². The minimum atomic E-state index is -0.0633. The van der Waals surface area contributed by atoms with Gasteiger partial charge in [-0.1, -0.05) is 44.8 Å². The fourth-order valence-electron chi connectivity index (χ4n) is 1.96. The zero-order valence-electron chi connectivity index (χ0n) is 8.71. The van der Waals surface area contributed by atoms with E-state index < -0.39 is 0 Å². The number of hydrogen-bond acceptors (Lipinski definition) is 1. The predicted molar refractivity (Wildman–Crippen MR) is 56.6 cm³/mol. The number of aliphatic hydroxyl groups is 1. The topological polar surface area (TPSA) is 20.2 Å². The van der Waals surface area contributed by atoms with Gasteiger partial charge in [0, 0.05) is 5.92 Å². The highest BCUT2D eigenvalue weighted by Crippen LogP contribution is 2.25. The van der Waals surface area contributed by atoms with Crippen molar-refractivity contribution in [2.75, 3.05) is 0 Å². The summed E-state index contributed by atoms with van der Waals surface area (Å²) in [4.78, 5) is 0. The van der Waals surface area contributed by atoms with Crippen LogP contribution in [0.2, 0.25) is 0 Å². The lowest BCUT2D eigenvalue weighted by atomic mass is 9.86. The molecule has 1 heteroatoms. The number of aliphatic hydroxyl groups excluding tert-OH is 1. The van der Waals surface area contributed by atoms with E-state index in [-0.39, 0.29) is 6.10 Å². The summed E-state index contributed by atoms with van der Waals surface area (Å²) >= 11 is 0. The fraction of sp³-hybridized carbons (Fsp3) is 0.833. The maximum absolute atomic E-state index is 9.67. The molecule has 0 aromatic carbocycles. The SMILES string of the molecule is CCCC/C=C\[C@H]1CCCC[C@H]1O. The molecule has 1 fully saturated rings. The highest BCUT2D eigenvalue weighted by Gasteiger charge is 2.19. The van der Waals surface area contributed by atoms with Crippen LogP contribution in [0.4, 0.5) is 0 Å². The molecule has 0 heterocycles. The molecule has 0 aliphatic heterocycles. The van der Waals surface area contributed by atoms with Crippen LogP contribution >= 0.6 is 0 Å². The molecule has 0 spiro atoms. The number of rotatable bonds is 4. The summed E-state index contributed by atoms with van der Waals surface area (Å²) in [6.07, 6.45) is 12.8. The molecular formula is C12H22O. The Balaban J connectivity index is 2.21. The molecule has 1 nitrogen and oxygen atoms in total. The monoisotopic (exact) mass is 182 g/mol.